The van der Waals surface area contributed by atoms with Crippen LogP contribution in [0.1, 0.15) is 242 Å². The largest absolute Gasteiger partial charge is 0.392 e. The highest BCUT2D eigenvalue weighted by molar-refractivity contribution is 5.90. The van der Waals surface area contributed by atoms with Crippen LogP contribution in [-0.2, 0) is 53.8 Å². The standard InChI is InChI=1S/C31H32O3.C29H29NO2.C28H29NO4.C28H29NO3/c1-28-12-10-25-19-24-11-13-30(32-16-17-33-30)20-29(24)14-15-31(25,34-29)27(28)9-8-26(28)23-7-6-21-4-2-3-5-22(21)18-23;1-26-8-6-22-13-20-4-5-24(31)16-27(20)9-10-29(22,32-27)25(26)14-23-15-28(23,26)21-3-2-18-7-11-30-17-19(18)12-21;1-25-8-6-20-13-19-4-5-22(30)15-26(19)9-10-27(20,33-26)23(25)14-24(31)28(25,32)21-3-2-17-7-11-29-16-18(17)12-21;1-26-8-6-21-13-20-4-5-22(30)15-27(20)9-10-28(21,32-27)24(26)14-23(31)25(26)18-3-2-17-7-11-29-16-19(17)12-18/h2-8,10,18-19,27H,9,11-17,20H2,1H3;2-3,6-7,11-13,17,23,25H,4-5,8-10,14-16H2,1H3;2-3,6-7,11-13,16,23-24,31-32H,4-5,8-10,14-15H2,1H3;2-3,6-7,11-13,16,23-25,31H,4-5,8-10,14-15H2,1H3/t27-,28-,29-,31?;23-,25+,26-,27+,28-,29?;23-,24-,25+,26-,27?,28-;23-,24-,25+,26+,27-,28?/m1011/s1. The second kappa shape index (κ2) is 27.6. The molecule has 3 aromatic heterocycles. The molecule has 15 nitrogen and oxygen atoms in total. The maximum atomic E-state index is 12.4. The van der Waals surface area contributed by atoms with Crippen molar-refractivity contribution in [1.29, 1.82) is 0 Å². The van der Waals surface area contributed by atoms with Crippen LogP contribution in [-0.4, -0.2) is 124 Å². The van der Waals surface area contributed by atoms with E-state index in [0.29, 0.717) is 88.0 Å². The maximum absolute atomic E-state index is 12.4. The molecule has 12 heterocycles. The summed E-state index contributed by atoms with van der Waals surface area (Å²) in [6.45, 7) is 10.9. The molecule has 670 valence electrons. The summed E-state index contributed by atoms with van der Waals surface area (Å²) in [6.07, 6.45) is 57.2. The monoisotopic (exact) mass is 1750 g/mol. The lowest BCUT2D eigenvalue weighted by Crippen LogP contribution is -2.57. The van der Waals surface area contributed by atoms with Crippen LogP contribution >= 0.6 is 0 Å². The molecular formula is C116H119N3O12. The van der Waals surface area contributed by atoms with Crippen LogP contribution in [0.25, 0.3) is 48.7 Å². The van der Waals surface area contributed by atoms with Crippen LogP contribution in [0.3, 0.4) is 0 Å². The summed E-state index contributed by atoms with van der Waals surface area (Å²) in [5.41, 5.74) is 13.1. The van der Waals surface area contributed by atoms with Crippen molar-refractivity contribution in [3.8, 4) is 0 Å². The minimum Gasteiger partial charge on any atom is -0.392 e. The molecule has 5 aromatic carbocycles. The van der Waals surface area contributed by atoms with Gasteiger partial charge in [0.1, 0.15) is 23.0 Å². The Bertz CT molecular complexity index is 6670. The summed E-state index contributed by atoms with van der Waals surface area (Å²) in [6, 6.07) is 41.4. The van der Waals surface area contributed by atoms with Crippen molar-refractivity contribution in [2.24, 2.45) is 51.2 Å². The van der Waals surface area contributed by atoms with E-state index in [2.05, 4.69) is 182 Å². The molecule has 131 heavy (non-hydrogen) atoms. The number of ether oxygens (including phenoxy) is 6. The highest BCUT2D eigenvalue weighted by Crippen LogP contribution is 2.82. The van der Waals surface area contributed by atoms with Crippen molar-refractivity contribution >= 4 is 66.0 Å². The van der Waals surface area contributed by atoms with E-state index in [0.717, 1.165) is 150 Å². The normalized spacial score (nSPS) is 42.6. The molecule has 22 atom stereocenters. The second-order valence-corrected chi connectivity index (χ2v) is 45.7. The van der Waals surface area contributed by atoms with E-state index in [-0.39, 0.29) is 78.8 Å². The molecule has 8 bridgehead atoms. The number of carbonyl (C=O) groups is 3. The quantitative estimate of drug-likeness (QED) is 0.150. The van der Waals surface area contributed by atoms with E-state index < -0.39 is 40.2 Å². The third-order valence-electron chi connectivity index (χ3n) is 40.2. The first-order valence-corrected chi connectivity index (χ1v) is 49.9. The van der Waals surface area contributed by atoms with Gasteiger partial charge in [0, 0.05) is 145 Å². The smallest absolute Gasteiger partial charge is 0.171 e. The molecule has 15 heteroatoms. The number of rotatable bonds is 4. The van der Waals surface area contributed by atoms with Gasteiger partial charge in [-0.25, -0.2) is 0 Å². The van der Waals surface area contributed by atoms with Crippen LogP contribution in [0.15, 0.2) is 252 Å². The summed E-state index contributed by atoms with van der Waals surface area (Å²) in [5, 5.41) is 44.7. The first kappa shape index (κ1) is 81.5. The maximum Gasteiger partial charge on any atom is 0.171 e. The van der Waals surface area contributed by atoms with E-state index >= 15 is 0 Å². The molecule has 0 radical (unpaired) electrons. The predicted octanol–water partition coefficient (Wildman–Crippen LogP) is 21.7. The molecule has 13 aliphatic carbocycles. The number of aromatic nitrogens is 3. The van der Waals surface area contributed by atoms with Gasteiger partial charge in [0.25, 0.3) is 0 Å². The average molecular weight is 1750 g/mol. The van der Waals surface area contributed by atoms with Crippen LogP contribution in [0.5, 0.6) is 0 Å². The third kappa shape index (κ3) is 10.9. The fraction of sp³-hybridized carbons (Fsp3) is 0.500. The summed E-state index contributed by atoms with van der Waals surface area (Å²) in [5.74, 6) is 2.59. The molecule has 13 fully saturated rings. The molecule has 30 rings (SSSR count). The zero-order valence-corrected chi connectivity index (χ0v) is 76.0. The summed E-state index contributed by atoms with van der Waals surface area (Å²) >= 11 is 0. The summed E-state index contributed by atoms with van der Waals surface area (Å²) in [7, 11) is 0. The molecule has 0 amide bonds. The fourth-order valence-electron chi connectivity index (χ4n) is 33.9. The Balaban J connectivity index is 0.0000000896. The lowest BCUT2D eigenvalue weighted by Gasteiger charge is -2.55. The third-order valence-corrected chi connectivity index (χ3v) is 40.2. The Labute approximate surface area is 766 Å². The highest BCUT2D eigenvalue weighted by Gasteiger charge is 2.80. The lowest BCUT2D eigenvalue weighted by atomic mass is 9.55. The number of hydrogen-bond donors (Lipinski definition) is 3. The van der Waals surface area contributed by atoms with Gasteiger partial charge in [-0.05, 0) is 299 Å². The van der Waals surface area contributed by atoms with Gasteiger partial charge in [0.2, 0.25) is 0 Å². The lowest BCUT2D eigenvalue weighted by molar-refractivity contribution is -0.225. The second-order valence-electron chi connectivity index (χ2n) is 45.7. The minimum atomic E-state index is -1.40. The molecular weight excluding hydrogens is 1630 g/mol. The van der Waals surface area contributed by atoms with Gasteiger partial charge >= 0.3 is 0 Å². The predicted molar refractivity (Wildman–Crippen MR) is 502 cm³/mol. The number of benzene rings is 5. The molecule has 3 N–H and O–H groups in total. The molecule has 9 spiro atoms. The number of pyridine rings is 3. The van der Waals surface area contributed by atoms with Crippen molar-refractivity contribution in [2.75, 3.05) is 13.2 Å². The summed E-state index contributed by atoms with van der Waals surface area (Å²) < 4.78 is 40.9. The van der Waals surface area contributed by atoms with Crippen molar-refractivity contribution in [3.05, 3.63) is 274 Å². The number of ketones is 3. The van der Waals surface area contributed by atoms with Gasteiger partial charge in [-0.1, -0.05) is 155 Å². The number of Topliss-reactive ketones (excluding diaryl/α,β-unsaturated/α-hetero) is 3. The Morgan fingerprint density at radius 1 is 0.412 bits per heavy atom. The van der Waals surface area contributed by atoms with Gasteiger partial charge in [0.05, 0.1) is 70.2 Å². The number of hydrogen-bond acceptors (Lipinski definition) is 15. The zero-order valence-electron chi connectivity index (χ0n) is 76.0. The van der Waals surface area contributed by atoms with Crippen LogP contribution in [0.4, 0.5) is 0 Å². The number of allylic oxidation sites excluding steroid dienone is 6. The molecule has 9 aliphatic heterocycles. The van der Waals surface area contributed by atoms with Crippen molar-refractivity contribution in [2.45, 2.75) is 294 Å². The Kier molecular flexibility index (Phi) is 17.2. The summed E-state index contributed by atoms with van der Waals surface area (Å²) in [4.78, 5) is 50.1. The fourth-order valence-corrected chi connectivity index (χ4v) is 33.9. The van der Waals surface area contributed by atoms with Crippen LogP contribution < -0.4 is 0 Å². The average Bonchev–Trinajstić information content (AvgIpc) is 1.47. The topological polar surface area (TPSA) is 206 Å². The number of nitrogens with zero attached hydrogens (tertiary/aromatic N) is 3. The number of aliphatic hydroxyl groups is 3. The Hall–Kier alpha value is -9.10. The number of carbonyl (C=O) groups excluding carboxylic acids is 3. The number of fused-ring (bicyclic) bond motifs is 10. The van der Waals surface area contributed by atoms with E-state index in [1.807, 2.05) is 55.1 Å². The van der Waals surface area contributed by atoms with Gasteiger partial charge in [-0.2, -0.15) is 0 Å². The van der Waals surface area contributed by atoms with E-state index in [1.54, 1.807) is 12.4 Å². The Morgan fingerprint density at radius 3 is 1.50 bits per heavy atom. The van der Waals surface area contributed by atoms with E-state index in [9.17, 15) is 29.7 Å². The first-order chi connectivity index (χ1) is 63.3. The molecule has 4 unspecified atom stereocenters. The van der Waals surface area contributed by atoms with Crippen molar-refractivity contribution < 1.29 is 58.1 Å². The van der Waals surface area contributed by atoms with Crippen molar-refractivity contribution in [3.63, 3.8) is 0 Å². The van der Waals surface area contributed by atoms with Crippen LogP contribution in [0, 0.1) is 51.2 Å². The zero-order chi connectivity index (χ0) is 88.3. The molecule has 8 saturated carbocycles. The first-order valence-electron chi connectivity index (χ1n) is 49.9. The molecule has 5 saturated heterocycles. The van der Waals surface area contributed by atoms with Gasteiger partial charge < -0.3 is 43.7 Å². The van der Waals surface area contributed by atoms with Gasteiger partial charge in [-0.15, -0.1) is 0 Å². The van der Waals surface area contributed by atoms with Gasteiger partial charge in [-0.3, -0.25) is 29.3 Å². The SMILES string of the molecule is C[C@]12CC=C3C=C4CCC(=O)C[C@]45CCC3(O5)[C@@H]1C[C@@H](O)[C@@H]2c1ccc2ccncc2c1.C[C@]12CC=C3C=C4CCC(=O)C[C@]45CCC3(O5)[C@@H]1C[C@@H](O)[C@]2(O)c1ccc2ccncc2c1.C[C@]12CC=C3C=C4CCC(=O)C[C@]45CCC3(O5)[C@@H]1C[C@H]1C[C@]12c1ccc2ccncc2c1.C[C@]12CC=C3C=C4CCC5(C[C@]46CCC3(O6)[C@@H]1CC=C2c1ccc2ccccc2c1)OCCO5. The van der Waals surface area contributed by atoms with Crippen molar-refractivity contribution in [1.82, 2.24) is 15.0 Å². The van der Waals surface area contributed by atoms with E-state index in [4.69, 9.17) is 28.4 Å². The molecule has 22 aliphatic rings. The van der Waals surface area contributed by atoms with Gasteiger partial charge in [0.15, 0.2) is 5.79 Å². The highest BCUT2D eigenvalue weighted by atomic mass is 16.7. The van der Waals surface area contributed by atoms with E-state index in [1.165, 1.54) is 107 Å². The molecule has 8 aromatic rings. The minimum absolute atomic E-state index is 0.0381. The van der Waals surface area contributed by atoms with Crippen LogP contribution in [0.2, 0.25) is 0 Å². The number of aliphatic hydroxyl groups excluding tert-OH is 2. The Morgan fingerprint density at radius 2 is 0.893 bits per heavy atom.